The summed E-state index contributed by atoms with van der Waals surface area (Å²) in [6.07, 6.45) is 0. The van der Waals surface area contributed by atoms with Gasteiger partial charge in [-0.05, 0) is 24.3 Å². The molecule has 0 heterocycles. The number of rotatable bonds is 6. The van der Waals surface area contributed by atoms with Crippen LogP contribution in [0.3, 0.4) is 0 Å². The summed E-state index contributed by atoms with van der Waals surface area (Å²) in [5, 5.41) is 1.33. The van der Waals surface area contributed by atoms with Crippen LogP contribution >= 0.6 is 0 Å². The van der Waals surface area contributed by atoms with Gasteiger partial charge in [0.25, 0.3) is 0 Å². The average molecular weight is 212 g/mol. The van der Waals surface area contributed by atoms with Crippen LogP contribution in [0.1, 0.15) is 0 Å². The number of nitrogen functional groups attached to an aromatic ring is 1. The van der Waals surface area contributed by atoms with Gasteiger partial charge < -0.3 is 10.5 Å². The lowest BCUT2D eigenvalue weighted by Crippen LogP contribution is -2.26. The molecule has 0 unspecified atom stereocenters. The Balaban J connectivity index is 2.28. The Labute approximate surface area is 89.2 Å². The van der Waals surface area contributed by atoms with Gasteiger partial charge in [0.2, 0.25) is 0 Å². The van der Waals surface area contributed by atoms with E-state index in [-0.39, 0.29) is 0 Å². The van der Waals surface area contributed by atoms with Gasteiger partial charge in [0.1, 0.15) is 12.4 Å². The van der Waals surface area contributed by atoms with Gasteiger partial charge in [0.05, 0.1) is 20.8 Å². The molecule has 0 saturated heterocycles. The van der Waals surface area contributed by atoms with E-state index in [9.17, 15) is 0 Å². The van der Waals surface area contributed by atoms with Crippen molar-refractivity contribution in [2.45, 2.75) is 0 Å². The minimum absolute atomic E-state index is 0.478. The van der Waals surface area contributed by atoms with Crippen molar-refractivity contribution in [1.29, 1.82) is 0 Å². The van der Waals surface area contributed by atoms with E-state index in [0.29, 0.717) is 13.2 Å². The first-order chi connectivity index (χ1) is 7.26. The van der Waals surface area contributed by atoms with Crippen molar-refractivity contribution in [3.05, 3.63) is 24.3 Å². The quantitative estimate of drug-likeness (QED) is 0.564. The SMILES string of the molecule is CON(CCOc1ccc(N)cc1)OC. The van der Waals surface area contributed by atoms with Gasteiger partial charge in [-0.2, -0.15) is 0 Å². The second-order valence-corrected chi connectivity index (χ2v) is 2.84. The summed E-state index contributed by atoms with van der Waals surface area (Å²) in [6.45, 7) is 1.00. The summed E-state index contributed by atoms with van der Waals surface area (Å²) in [7, 11) is 3.07. The molecule has 0 spiro atoms. The van der Waals surface area contributed by atoms with E-state index < -0.39 is 0 Å². The molecule has 5 heteroatoms. The first-order valence-electron chi connectivity index (χ1n) is 4.60. The Bertz CT molecular complexity index is 273. The molecule has 0 aliphatic heterocycles. The molecule has 84 valence electrons. The largest absolute Gasteiger partial charge is 0.492 e. The number of nitrogens with zero attached hydrogens (tertiary/aromatic N) is 1. The van der Waals surface area contributed by atoms with Crippen molar-refractivity contribution < 1.29 is 14.4 Å². The Hall–Kier alpha value is -1.30. The van der Waals surface area contributed by atoms with Crippen molar-refractivity contribution in [1.82, 2.24) is 5.23 Å². The summed E-state index contributed by atoms with van der Waals surface area (Å²) in [5.74, 6) is 0.774. The monoisotopic (exact) mass is 212 g/mol. The maximum atomic E-state index is 5.54. The fourth-order valence-electron chi connectivity index (χ4n) is 1.06. The van der Waals surface area contributed by atoms with Gasteiger partial charge in [0.15, 0.2) is 0 Å². The Morgan fingerprint density at radius 1 is 1.13 bits per heavy atom. The van der Waals surface area contributed by atoms with Gasteiger partial charge in [-0.1, -0.05) is 5.23 Å². The maximum absolute atomic E-state index is 5.54. The van der Waals surface area contributed by atoms with Crippen molar-refractivity contribution >= 4 is 5.69 Å². The van der Waals surface area contributed by atoms with Crippen molar-refractivity contribution in [2.24, 2.45) is 0 Å². The predicted octanol–water partition coefficient (Wildman–Crippen LogP) is 1.07. The third kappa shape index (κ3) is 4.16. The number of nitrogens with two attached hydrogens (primary N) is 1. The van der Waals surface area contributed by atoms with Gasteiger partial charge in [-0.25, -0.2) is 0 Å². The minimum atomic E-state index is 0.478. The zero-order valence-electron chi connectivity index (χ0n) is 8.97. The normalized spacial score (nSPS) is 10.6. The van der Waals surface area contributed by atoms with Crippen LogP contribution in [0.5, 0.6) is 5.75 Å². The molecule has 0 bridgehead atoms. The Kier molecular flexibility index (Phi) is 4.89. The lowest BCUT2D eigenvalue weighted by molar-refractivity contribution is -0.343. The van der Waals surface area contributed by atoms with E-state index in [4.69, 9.17) is 20.1 Å². The standard InChI is InChI=1S/C10H16N2O3/c1-13-12(14-2)7-8-15-10-5-3-9(11)4-6-10/h3-6H,7-8,11H2,1-2H3. The number of hydrogen-bond acceptors (Lipinski definition) is 5. The van der Waals surface area contributed by atoms with Crippen molar-refractivity contribution in [3.8, 4) is 5.75 Å². The van der Waals surface area contributed by atoms with E-state index >= 15 is 0 Å². The number of ether oxygens (including phenoxy) is 1. The molecule has 0 aromatic heterocycles. The molecule has 1 aromatic rings. The summed E-state index contributed by atoms with van der Waals surface area (Å²) in [5.41, 5.74) is 6.26. The maximum Gasteiger partial charge on any atom is 0.119 e. The summed E-state index contributed by atoms with van der Waals surface area (Å²) >= 11 is 0. The van der Waals surface area contributed by atoms with E-state index in [1.165, 1.54) is 19.4 Å². The molecule has 0 radical (unpaired) electrons. The minimum Gasteiger partial charge on any atom is -0.492 e. The molecule has 5 nitrogen and oxygen atoms in total. The van der Waals surface area contributed by atoms with E-state index in [1.54, 1.807) is 12.1 Å². The molecular formula is C10H16N2O3. The topological polar surface area (TPSA) is 57.0 Å². The number of hydrogen-bond donors (Lipinski definition) is 1. The molecular weight excluding hydrogens is 196 g/mol. The third-order valence-corrected chi connectivity index (χ3v) is 1.83. The highest BCUT2D eigenvalue weighted by Crippen LogP contribution is 2.12. The van der Waals surface area contributed by atoms with Gasteiger partial charge >= 0.3 is 0 Å². The van der Waals surface area contributed by atoms with Crippen LogP contribution in [0.15, 0.2) is 24.3 Å². The van der Waals surface area contributed by atoms with Crippen LogP contribution in [-0.4, -0.2) is 32.6 Å². The van der Waals surface area contributed by atoms with Gasteiger partial charge in [-0.3, -0.25) is 9.68 Å². The highest BCUT2D eigenvalue weighted by molar-refractivity contribution is 5.41. The molecule has 0 fully saturated rings. The average Bonchev–Trinajstić information content (AvgIpc) is 2.27. The highest BCUT2D eigenvalue weighted by atomic mass is 16.9. The molecule has 0 atom stereocenters. The molecule has 0 saturated carbocycles. The number of hydroxylamine groups is 2. The first kappa shape index (κ1) is 11.8. The zero-order valence-corrected chi connectivity index (χ0v) is 8.97. The predicted molar refractivity (Wildman–Crippen MR) is 57.1 cm³/mol. The molecule has 1 rings (SSSR count). The van der Waals surface area contributed by atoms with Crippen LogP contribution in [0.2, 0.25) is 0 Å². The third-order valence-electron chi connectivity index (χ3n) is 1.83. The van der Waals surface area contributed by atoms with E-state index in [2.05, 4.69) is 0 Å². The van der Waals surface area contributed by atoms with Crippen LogP contribution in [0, 0.1) is 0 Å². The van der Waals surface area contributed by atoms with E-state index in [0.717, 1.165) is 11.4 Å². The Morgan fingerprint density at radius 3 is 2.27 bits per heavy atom. The van der Waals surface area contributed by atoms with Crippen molar-refractivity contribution in [2.75, 3.05) is 33.1 Å². The number of anilines is 1. The highest BCUT2D eigenvalue weighted by Gasteiger charge is 2.01. The van der Waals surface area contributed by atoms with Crippen LogP contribution in [-0.2, 0) is 9.68 Å². The molecule has 0 aliphatic rings. The summed E-state index contributed by atoms with van der Waals surface area (Å²) in [4.78, 5) is 9.74. The Morgan fingerprint density at radius 2 is 1.73 bits per heavy atom. The zero-order chi connectivity index (χ0) is 11.1. The lowest BCUT2D eigenvalue weighted by Gasteiger charge is -2.16. The van der Waals surface area contributed by atoms with Crippen LogP contribution in [0.25, 0.3) is 0 Å². The van der Waals surface area contributed by atoms with Crippen LogP contribution in [0.4, 0.5) is 5.69 Å². The second kappa shape index (κ2) is 6.23. The van der Waals surface area contributed by atoms with E-state index in [1.807, 2.05) is 12.1 Å². The second-order valence-electron chi connectivity index (χ2n) is 2.84. The first-order valence-corrected chi connectivity index (χ1v) is 4.60. The van der Waals surface area contributed by atoms with Gasteiger partial charge in [0, 0.05) is 5.69 Å². The molecule has 2 N–H and O–H groups in total. The summed E-state index contributed by atoms with van der Waals surface area (Å²) < 4.78 is 5.44. The fourth-order valence-corrected chi connectivity index (χ4v) is 1.06. The fraction of sp³-hybridized carbons (Fsp3) is 0.400. The lowest BCUT2D eigenvalue weighted by atomic mass is 10.3. The summed E-state index contributed by atoms with van der Waals surface area (Å²) in [6, 6.07) is 7.22. The molecule has 0 aliphatic carbocycles. The van der Waals surface area contributed by atoms with Gasteiger partial charge in [-0.15, -0.1) is 0 Å². The van der Waals surface area contributed by atoms with Crippen molar-refractivity contribution in [3.63, 3.8) is 0 Å². The smallest absolute Gasteiger partial charge is 0.119 e. The van der Waals surface area contributed by atoms with Crippen LogP contribution < -0.4 is 10.5 Å². The molecule has 1 aromatic carbocycles. The molecule has 15 heavy (non-hydrogen) atoms. The molecule has 0 amide bonds. The number of benzene rings is 1.